The first kappa shape index (κ1) is 18.8. The van der Waals surface area contributed by atoms with Crippen molar-refractivity contribution < 1.29 is 28.7 Å². The van der Waals surface area contributed by atoms with E-state index in [0.29, 0.717) is 24.9 Å². The molecule has 1 aliphatic rings. The highest BCUT2D eigenvalue weighted by molar-refractivity contribution is 5.84. The van der Waals surface area contributed by atoms with Gasteiger partial charge in [-0.1, -0.05) is 5.16 Å². The predicted octanol–water partition coefficient (Wildman–Crippen LogP) is 1.38. The van der Waals surface area contributed by atoms with Crippen molar-refractivity contribution in [2.24, 2.45) is 0 Å². The number of carbonyl (C=O) groups excluding carboxylic acids is 1. The number of hydrogen-bond donors (Lipinski definition) is 1. The molecule has 9 nitrogen and oxygen atoms in total. The van der Waals surface area contributed by atoms with Crippen LogP contribution in [0, 0.1) is 0 Å². The summed E-state index contributed by atoms with van der Waals surface area (Å²) in [6, 6.07) is 6.35. The molecule has 27 heavy (non-hydrogen) atoms. The molecule has 0 radical (unpaired) electrons. The normalized spacial score (nSPS) is 16.9. The van der Waals surface area contributed by atoms with Gasteiger partial charge < -0.3 is 24.0 Å². The van der Waals surface area contributed by atoms with Gasteiger partial charge in [0.2, 0.25) is 17.6 Å². The van der Waals surface area contributed by atoms with Gasteiger partial charge in [0, 0.05) is 24.9 Å². The molecule has 1 aromatic heterocycles. The van der Waals surface area contributed by atoms with E-state index < -0.39 is 12.0 Å². The number of hydrogen-bond acceptors (Lipinski definition) is 7. The van der Waals surface area contributed by atoms with Crippen molar-refractivity contribution in [2.75, 3.05) is 26.4 Å². The average Bonchev–Trinajstić information content (AvgIpc) is 3.16. The van der Waals surface area contributed by atoms with E-state index in [0.717, 1.165) is 11.3 Å². The molecule has 0 unspecified atom stereocenters. The third kappa shape index (κ3) is 4.62. The monoisotopic (exact) mass is 375 g/mol. The molecule has 1 N–H and O–H groups in total. The van der Waals surface area contributed by atoms with Crippen LogP contribution in [0.15, 0.2) is 28.8 Å². The summed E-state index contributed by atoms with van der Waals surface area (Å²) in [6.07, 6.45) is 0.335. The number of amides is 1. The lowest BCUT2D eigenvalue weighted by molar-refractivity contribution is -0.158. The van der Waals surface area contributed by atoms with E-state index in [4.69, 9.17) is 14.0 Å². The molecule has 0 saturated carbocycles. The van der Waals surface area contributed by atoms with Crippen LogP contribution in [0.2, 0.25) is 0 Å². The number of carboxylic acids is 1. The van der Waals surface area contributed by atoms with Crippen LogP contribution >= 0.6 is 0 Å². The summed E-state index contributed by atoms with van der Waals surface area (Å²) in [4.78, 5) is 29.2. The Labute approximate surface area is 155 Å². The fourth-order valence-electron chi connectivity index (χ4n) is 2.80. The molecule has 2 heterocycles. The fourth-order valence-corrected chi connectivity index (χ4v) is 2.80. The van der Waals surface area contributed by atoms with Crippen LogP contribution < -0.4 is 4.74 Å². The van der Waals surface area contributed by atoms with Gasteiger partial charge in [0.25, 0.3) is 0 Å². The zero-order valence-corrected chi connectivity index (χ0v) is 15.0. The highest BCUT2D eigenvalue weighted by Gasteiger charge is 2.32. The van der Waals surface area contributed by atoms with Gasteiger partial charge in [-0.25, -0.2) is 4.79 Å². The van der Waals surface area contributed by atoms with Crippen LogP contribution in [-0.2, 0) is 20.7 Å². The number of morpholine rings is 1. The zero-order valence-electron chi connectivity index (χ0n) is 15.0. The van der Waals surface area contributed by atoms with Gasteiger partial charge in [0.05, 0.1) is 19.8 Å². The highest BCUT2D eigenvalue weighted by atomic mass is 16.5. The molecule has 0 aliphatic carbocycles. The molecule has 1 saturated heterocycles. The SMILES string of the molecule is CCOc1ccc(-c2noc(CCC(=O)N3CCOC[C@H]3C(=O)O)n2)cc1. The Balaban J connectivity index is 1.59. The van der Waals surface area contributed by atoms with E-state index in [-0.39, 0.29) is 31.9 Å². The van der Waals surface area contributed by atoms with Gasteiger partial charge >= 0.3 is 5.97 Å². The summed E-state index contributed by atoms with van der Waals surface area (Å²) in [5.74, 6) is 0.168. The van der Waals surface area contributed by atoms with Crippen molar-refractivity contribution in [1.29, 1.82) is 0 Å². The first-order valence-corrected chi connectivity index (χ1v) is 8.74. The molecule has 1 aromatic carbocycles. The lowest BCUT2D eigenvalue weighted by atomic mass is 10.2. The maximum Gasteiger partial charge on any atom is 0.328 e. The van der Waals surface area contributed by atoms with E-state index in [1.54, 1.807) is 0 Å². The van der Waals surface area contributed by atoms with Gasteiger partial charge in [-0.15, -0.1) is 0 Å². The standard InChI is InChI=1S/C18H21N3O6/c1-2-26-13-5-3-12(4-6-13)17-19-15(27-20-17)7-8-16(22)21-9-10-25-11-14(21)18(23)24/h3-6,14H,2,7-11H2,1H3,(H,23,24)/t14-/m0/s1. The topological polar surface area (TPSA) is 115 Å². The fraction of sp³-hybridized carbons (Fsp3) is 0.444. The molecular weight excluding hydrogens is 354 g/mol. The maximum absolute atomic E-state index is 12.4. The van der Waals surface area contributed by atoms with Crippen molar-refractivity contribution in [3.8, 4) is 17.1 Å². The van der Waals surface area contributed by atoms with Crippen LogP contribution in [0.3, 0.4) is 0 Å². The Hall–Kier alpha value is -2.94. The summed E-state index contributed by atoms with van der Waals surface area (Å²) >= 11 is 0. The maximum atomic E-state index is 12.4. The minimum Gasteiger partial charge on any atom is -0.494 e. The minimum atomic E-state index is -1.07. The first-order chi connectivity index (χ1) is 13.1. The average molecular weight is 375 g/mol. The predicted molar refractivity (Wildman–Crippen MR) is 93.2 cm³/mol. The molecule has 1 fully saturated rings. The van der Waals surface area contributed by atoms with Crippen LogP contribution in [0.4, 0.5) is 0 Å². The number of nitrogens with zero attached hydrogens (tertiary/aromatic N) is 3. The number of benzene rings is 1. The molecule has 2 aromatic rings. The summed E-state index contributed by atoms with van der Waals surface area (Å²) in [6.45, 7) is 3.10. The Morgan fingerprint density at radius 2 is 2.11 bits per heavy atom. The quantitative estimate of drug-likeness (QED) is 0.772. The van der Waals surface area contributed by atoms with Crippen LogP contribution in [0.5, 0.6) is 5.75 Å². The molecule has 144 valence electrons. The molecule has 0 spiro atoms. The van der Waals surface area contributed by atoms with Crippen LogP contribution in [0.1, 0.15) is 19.2 Å². The van der Waals surface area contributed by atoms with E-state index >= 15 is 0 Å². The van der Waals surface area contributed by atoms with E-state index in [1.165, 1.54) is 4.90 Å². The van der Waals surface area contributed by atoms with Gasteiger partial charge in [-0.2, -0.15) is 4.98 Å². The molecule has 1 atom stereocenters. The number of aryl methyl sites for hydroxylation is 1. The van der Waals surface area contributed by atoms with Crippen molar-refractivity contribution in [3.63, 3.8) is 0 Å². The number of aromatic nitrogens is 2. The number of ether oxygens (including phenoxy) is 2. The second-order valence-corrected chi connectivity index (χ2v) is 5.99. The largest absolute Gasteiger partial charge is 0.494 e. The highest BCUT2D eigenvalue weighted by Crippen LogP contribution is 2.20. The van der Waals surface area contributed by atoms with Gasteiger partial charge in [0.1, 0.15) is 5.75 Å². The van der Waals surface area contributed by atoms with E-state index in [1.807, 2.05) is 31.2 Å². The number of carbonyl (C=O) groups is 2. The van der Waals surface area contributed by atoms with Crippen LogP contribution in [0.25, 0.3) is 11.4 Å². The minimum absolute atomic E-state index is 0.00349. The third-order valence-electron chi connectivity index (χ3n) is 4.18. The van der Waals surface area contributed by atoms with Crippen molar-refractivity contribution in [2.45, 2.75) is 25.8 Å². The molecule has 3 rings (SSSR count). The number of rotatable bonds is 7. The number of carboxylic acid groups (broad SMARTS) is 1. The second-order valence-electron chi connectivity index (χ2n) is 5.99. The zero-order chi connectivity index (χ0) is 19.2. The summed E-state index contributed by atoms with van der Waals surface area (Å²) in [5, 5.41) is 13.1. The van der Waals surface area contributed by atoms with E-state index in [9.17, 15) is 14.7 Å². The summed E-state index contributed by atoms with van der Waals surface area (Å²) in [5.41, 5.74) is 0.777. The third-order valence-corrected chi connectivity index (χ3v) is 4.18. The van der Waals surface area contributed by atoms with Gasteiger partial charge in [0.15, 0.2) is 6.04 Å². The molecule has 1 aliphatic heterocycles. The summed E-state index contributed by atoms with van der Waals surface area (Å²) in [7, 11) is 0. The smallest absolute Gasteiger partial charge is 0.328 e. The molecule has 1 amide bonds. The van der Waals surface area contributed by atoms with Gasteiger partial charge in [-0.05, 0) is 31.2 Å². The number of aliphatic carboxylic acids is 1. The van der Waals surface area contributed by atoms with Crippen LogP contribution in [-0.4, -0.2) is 64.4 Å². The Bertz CT molecular complexity index is 789. The lowest BCUT2D eigenvalue weighted by Gasteiger charge is -2.32. The Morgan fingerprint density at radius 3 is 2.81 bits per heavy atom. The molecule has 0 bridgehead atoms. The Morgan fingerprint density at radius 1 is 1.33 bits per heavy atom. The van der Waals surface area contributed by atoms with Crippen molar-refractivity contribution in [1.82, 2.24) is 15.0 Å². The van der Waals surface area contributed by atoms with Crippen molar-refractivity contribution >= 4 is 11.9 Å². The van der Waals surface area contributed by atoms with Crippen molar-refractivity contribution in [3.05, 3.63) is 30.2 Å². The molecular formula is C18H21N3O6. The van der Waals surface area contributed by atoms with E-state index in [2.05, 4.69) is 10.1 Å². The first-order valence-electron chi connectivity index (χ1n) is 8.74. The second kappa shape index (κ2) is 8.63. The molecule has 9 heteroatoms. The Kier molecular flexibility index (Phi) is 6.02. The summed E-state index contributed by atoms with van der Waals surface area (Å²) < 4.78 is 15.7. The lowest BCUT2D eigenvalue weighted by Crippen LogP contribution is -2.52. The van der Waals surface area contributed by atoms with Gasteiger partial charge in [-0.3, -0.25) is 4.79 Å².